The van der Waals surface area contributed by atoms with Crippen molar-refractivity contribution in [2.45, 2.75) is 0 Å². The van der Waals surface area contributed by atoms with Gasteiger partial charge in [0.2, 0.25) is 0 Å². The van der Waals surface area contributed by atoms with Gasteiger partial charge in [0, 0.05) is 44.6 Å². The van der Waals surface area contributed by atoms with Crippen LogP contribution in [0.3, 0.4) is 0 Å². The zero-order valence-electron chi connectivity index (χ0n) is 43.2. The third-order valence-corrected chi connectivity index (χ3v) is 15.9. The van der Waals surface area contributed by atoms with Crippen molar-refractivity contribution in [1.82, 2.24) is 29.1 Å². The SMILES string of the molecule is c1ccc(-n2c(-c3ccc(-c4nc(-c5ccc(-c6nc7ccccc7n6-c6ccccc6)cc5)c5cc(-c6cc7ccccc7c7ccccc67)cc(-c6cc7ccccc7c7ccccc67)c5n4)cc3)nc3ccccc32)cc1. The zero-order chi connectivity index (χ0) is 52.7. The predicted octanol–water partition coefficient (Wildman–Crippen LogP) is 18.9. The van der Waals surface area contributed by atoms with Crippen LogP contribution in [0.5, 0.6) is 0 Å². The van der Waals surface area contributed by atoms with Crippen molar-refractivity contribution in [2.24, 2.45) is 0 Å². The van der Waals surface area contributed by atoms with Crippen LogP contribution < -0.4 is 0 Å². The number of nitrogens with zero attached hydrogens (tertiary/aromatic N) is 6. The van der Waals surface area contributed by atoms with Crippen LogP contribution in [0.2, 0.25) is 0 Å². The van der Waals surface area contributed by atoms with Gasteiger partial charge in [-0.1, -0.05) is 206 Å². The van der Waals surface area contributed by atoms with Gasteiger partial charge in [-0.15, -0.1) is 0 Å². The molecule has 80 heavy (non-hydrogen) atoms. The van der Waals surface area contributed by atoms with E-state index in [1.54, 1.807) is 0 Å². The van der Waals surface area contributed by atoms with Crippen LogP contribution in [0, 0.1) is 0 Å². The molecule has 3 aromatic heterocycles. The van der Waals surface area contributed by atoms with Gasteiger partial charge in [-0.05, 0) is 133 Å². The molecule has 0 aliphatic heterocycles. The average Bonchev–Trinajstić information content (AvgIpc) is 4.22. The highest BCUT2D eigenvalue weighted by Crippen LogP contribution is 2.45. The van der Waals surface area contributed by atoms with Gasteiger partial charge in [-0.25, -0.2) is 19.9 Å². The Kier molecular flexibility index (Phi) is 10.5. The lowest BCUT2D eigenvalue weighted by Gasteiger charge is -2.19. The lowest BCUT2D eigenvalue weighted by Crippen LogP contribution is -2.00. The van der Waals surface area contributed by atoms with Crippen LogP contribution in [0.1, 0.15) is 0 Å². The van der Waals surface area contributed by atoms with E-state index in [9.17, 15) is 0 Å². The molecular formula is C74H46N6. The van der Waals surface area contributed by atoms with E-state index in [2.05, 4.69) is 270 Å². The smallest absolute Gasteiger partial charge is 0.160 e. The number of imidazole rings is 2. The number of aromatic nitrogens is 6. The first-order valence-electron chi connectivity index (χ1n) is 27.1. The summed E-state index contributed by atoms with van der Waals surface area (Å²) in [6, 6.07) is 99.5. The van der Waals surface area contributed by atoms with E-state index in [4.69, 9.17) is 19.9 Å². The predicted molar refractivity (Wildman–Crippen MR) is 331 cm³/mol. The van der Waals surface area contributed by atoms with Crippen molar-refractivity contribution in [1.29, 1.82) is 0 Å². The molecule has 0 bridgehead atoms. The van der Waals surface area contributed by atoms with Gasteiger partial charge >= 0.3 is 0 Å². The fourth-order valence-corrected chi connectivity index (χ4v) is 12.2. The molecule has 16 aromatic rings. The Bertz CT molecular complexity index is 5100. The lowest BCUT2D eigenvalue weighted by atomic mass is 9.87. The second kappa shape index (κ2) is 18.4. The Hall–Kier alpha value is -10.8. The minimum atomic E-state index is 0.626. The standard InChI is InChI=1S/C74H46N6/c1-3-21-54(22-4-1)79-68-33-17-15-31-66(68)75-73(79)49-39-35-47(36-40-49)70-65-46-53(62-43-51-19-7-9-25-56(51)58-27-11-13-29-60(58)62)45-64(63-44-52-20-8-10-26-57(52)59-28-12-14-30-61(59)63)71(65)78-72(77-70)48-37-41-50(42-38-48)74-76-67-32-16-18-34-69(67)80(74)55-23-5-2-6-24-55/h1-46H. The quantitative estimate of drug-likeness (QED) is 0.142. The van der Waals surface area contributed by atoms with Gasteiger partial charge in [0.15, 0.2) is 5.82 Å². The molecule has 0 N–H and O–H groups in total. The summed E-state index contributed by atoms with van der Waals surface area (Å²) in [5.41, 5.74) is 16.0. The number of benzene rings is 13. The molecule has 0 saturated carbocycles. The van der Waals surface area contributed by atoms with Crippen LogP contribution in [0.25, 0.3) is 155 Å². The molecule has 0 unspecified atom stereocenters. The molecule has 3 heterocycles. The minimum absolute atomic E-state index is 0.626. The van der Waals surface area contributed by atoms with Crippen molar-refractivity contribution in [3.8, 4) is 79.0 Å². The lowest BCUT2D eigenvalue weighted by molar-refractivity contribution is 1.10. The van der Waals surface area contributed by atoms with Crippen molar-refractivity contribution >= 4 is 76.1 Å². The molecule has 0 saturated heterocycles. The summed E-state index contributed by atoms with van der Waals surface area (Å²) in [6.45, 7) is 0. The Morgan fingerprint density at radius 2 is 0.675 bits per heavy atom. The van der Waals surface area contributed by atoms with Gasteiger partial charge in [-0.2, -0.15) is 0 Å². The van der Waals surface area contributed by atoms with Crippen LogP contribution in [-0.2, 0) is 0 Å². The number of fused-ring (bicyclic) bond motifs is 9. The maximum absolute atomic E-state index is 5.73. The van der Waals surface area contributed by atoms with Gasteiger partial charge in [0.05, 0.1) is 33.3 Å². The Morgan fingerprint density at radius 1 is 0.250 bits per heavy atom. The normalized spacial score (nSPS) is 11.8. The van der Waals surface area contributed by atoms with E-state index in [1.807, 2.05) is 18.2 Å². The molecule has 0 amide bonds. The van der Waals surface area contributed by atoms with Crippen molar-refractivity contribution < 1.29 is 0 Å². The highest BCUT2D eigenvalue weighted by Gasteiger charge is 2.23. The molecule has 372 valence electrons. The monoisotopic (exact) mass is 1020 g/mol. The Morgan fingerprint density at radius 3 is 1.23 bits per heavy atom. The first kappa shape index (κ1) is 45.4. The molecule has 0 radical (unpaired) electrons. The summed E-state index contributed by atoms with van der Waals surface area (Å²) in [5.74, 6) is 2.36. The van der Waals surface area contributed by atoms with E-state index >= 15 is 0 Å². The first-order valence-corrected chi connectivity index (χ1v) is 27.1. The van der Waals surface area contributed by atoms with Gasteiger partial charge in [0.1, 0.15) is 11.6 Å². The van der Waals surface area contributed by atoms with Crippen molar-refractivity contribution in [2.75, 3.05) is 0 Å². The molecule has 0 aliphatic carbocycles. The van der Waals surface area contributed by atoms with E-state index in [0.717, 1.165) is 112 Å². The summed E-state index contributed by atoms with van der Waals surface area (Å²) in [7, 11) is 0. The van der Waals surface area contributed by atoms with Gasteiger partial charge in [-0.3, -0.25) is 9.13 Å². The molecule has 13 aromatic carbocycles. The maximum atomic E-state index is 5.73. The molecule has 6 nitrogen and oxygen atoms in total. The third kappa shape index (κ3) is 7.42. The molecule has 0 fully saturated rings. The second-order valence-electron chi connectivity index (χ2n) is 20.5. The summed E-state index contributed by atoms with van der Waals surface area (Å²) in [5, 5.41) is 10.5. The number of hydrogen-bond donors (Lipinski definition) is 0. The van der Waals surface area contributed by atoms with Crippen LogP contribution in [0.4, 0.5) is 0 Å². The summed E-state index contributed by atoms with van der Waals surface area (Å²) in [6.07, 6.45) is 0. The molecular weight excluding hydrogens is 973 g/mol. The van der Waals surface area contributed by atoms with E-state index in [1.165, 1.54) is 37.7 Å². The second-order valence-corrected chi connectivity index (χ2v) is 20.5. The Labute approximate surface area is 460 Å². The van der Waals surface area contributed by atoms with Gasteiger partial charge < -0.3 is 0 Å². The van der Waals surface area contributed by atoms with Gasteiger partial charge in [0.25, 0.3) is 0 Å². The highest BCUT2D eigenvalue weighted by molar-refractivity contribution is 6.19. The fourth-order valence-electron chi connectivity index (χ4n) is 12.2. The topological polar surface area (TPSA) is 61.4 Å². The number of hydrogen-bond acceptors (Lipinski definition) is 4. The average molecular weight is 1020 g/mol. The number of para-hydroxylation sites is 6. The molecule has 0 aliphatic rings. The van der Waals surface area contributed by atoms with E-state index < -0.39 is 0 Å². The summed E-state index contributed by atoms with van der Waals surface area (Å²) in [4.78, 5) is 21.9. The van der Waals surface area contributed by atoms with E-state index in [0.29, 0.717) is 5.82 Å². The minimum Gasteiger partial charge on any atom is -0.292 e. The van der Waals surface area contributed by atoms with Crippen LogP contribution >= 0.6 is 0 Å². The molecule has 6 heteroatoms. The van der Waals surface area contributed by atoms with Crippen LogP contribution in [-0.4, -0.2) is 29.1 Å². The third-order valence-electron chi connectivity index (χ3n) is 15.9. The maximum Gasteiger partial charge on any atom is 0.160 e. The molecule has 16 rings (SSSR count). The molecule has 0 spiro atoms. The summed E-state index contributed by atoms with van der Waals surface area (Å²) < 4.78 is 4.49. The Balaban J connectivity index is 0.962. The first-order chi connectivity index (χ1) is 39.7. The summed E-state index contributed by atoms with van der Waals surface area (Å²) >= 11 is 0. The zero-order valence-corrected chi connectivity index (χ0v) is 43.2. The largest absolute Gasteiger partial charge is 0.292 e. The van der Waals surface area contributed by atoms with Crippen LogP contribution in [0.15, 0.2) is 279 Å². The fraction of sp³-hybridized carbons (Fsp3) is 0. The highest BCUT2D eigenvalue weighted by atomic mass is 15.1. The number of rotatable bonds is 8. The van der Waals surface area contributed by atoms with Crippen molar-refractivity contribution in [3.63, 3.8) is 0 Å². The van der Waals surface area contributed by atoms with Crippen molar-refractivity contribution in [3.05, 3.63) is 279 Å². The van der Waals surface area contributed by atoms with E-state index in [-0.39, 0.29) is 0 Å². The molecule has 0 atom stereocenters.